The molecule has 0 bridgehead atoms. The van der Waals surface area contributed by atoms with Gasteiger partial charge in [0.05, 0.1) is 19.1 Å². The summed E-state index contributed by atoms with van der Waals surface area (Å²) in [6.45, 7) is 3.53. The number of nitrogens with zero attached hydrogens (tertiary/aromatic N) is 2. The van der Waals surface area contributed by atoms with Crippen molar-refractivity contribution in [2.24, 2.45) is 0 Å². The van der Waals surface area contributed by atoms with Gasteiger partial charge >= 0.3 is 0 Å². The van der Waals surface area contributed by atoms with Gasteiger partial charge in [-0.3, -0.25) is 13.9 Å². The van der Waals surface area contributed by atoms with E-state index in [4.69, 9.17) is 4.74 Å². The molecule has 1 N–H and O–H groups in total. The summed E-state index contributed by atoms with van der Waals surface area (Å²) in [6.07, 6.45) is 2.05. The molecular formula is C30H36BrN3O5S. The fourth-order valence-electron chi connectivity index (χ4n) is 4.19. The SMILES string of the molecule is CC[C@@H](C)NC(=O)[C@H](Cc1ccccc1)N(Cc1cccc(Br)c1)C(=O)CN(c1ccc(OC)cc1)S(C)(=O)=O. The highest BCUT2D eigenvalue weighted by atomic mass is 79.9. The van der Waals surface area contributed by atoms with Gasteiger partial charge in [-0.2, -0.15) is 0 Å². The zero-order valence-corrected chi connectivity index (χ0v) is 25.6. The molecule has 2 amide bonds. The number of methoxy groups -OCH3 is 1. The van der Waals surface area contributed by atoms with Crippen LogP contribution < -0.4 is 14.4 Å². The minimum Gasteiger partial charge on any atom is -0.497 e. The fourth-order valence-corrected chi connectivity index (χ4v) is 5.49. The van der Waals surface area contributed by atoms with Crippen LogP contribution in [0.4, 0.5) is 5.69 Å². The van der Waals surface area contributed by atoms with Crippen LogP contribution in [0.5, 0.6) is 5.75 Å². The van der Waals surface area contributed by atoms with Crippen molar-refractivity contribution >= 4 is 43.5 Å². The molecule has 0 radical (unpaired) electrons. The molecule has 3 aromatic carbocycles. The van der Waals surface area contributed by atoms with Gasteiger partial charge < -0.3 is 15.0 Å². The molecule has 0 aromatic heterocycles. The maximum Gasteiger partial charge on any atom is 0.244 e. The quantitative estimate of drug-likeness (QED) is 0.294. The van der Waals surface area contributed by atoms with E-state index in [1.807, 2.05) is 68.4 Å². The van der Waals surface area contributed by atoms with Gasteiger partial charge in [-0.05, 0) is 60.9 Å². The van der Waals surface area contributed by atoms with Gasteiger partial charge in [0.25, 0.3) is 0 Å². The minimum atomic E-state index is -3.84. The molecule has 0 saturated carbocycles. The molecule has 0 aliphatic carbocycles. The van der Waals surface area contributed by atoms with E-state index in [-0.39, 0.29) is 24.9 Å². The summed E-state index contributed by atoms with van der Waals surface area (Å²) >= 11 is 3.48. The Morgan fingerprint density at radius 2 is 1.62 bits per heavy atom. The van der Waals surface area contributed by atoms with Crippen molar-refractivity contribution in [1.29, 1.82) is 0 Å². The Balaban J connectivity index is 2.05. The molecule has 0 saturated heterocycles. The van der Waals surface area contributed by atoms with Crippen molar-refractivity contribution in [3.8, 4) is 5.75 Å². The summed E-state index contributed by atoms with van der Waals surface area (Å²) < 4.78 is 32.8. The lowest BCUT2D eigenvalue weighted by Gasteiger charge is -2.34. The van der Waals surface area contributed by atoms with E-state index < -0.39 is 28.5 Å². The van der Waals surface area contributed by atoms with Gasteiger partial charge in [-0.25, -0.2) is 8.42 Å². The Morgan fingerprint density at radius 1 is 0.975 bits per heavy atom. The molecule has 0 heterocycles. The first-order chi connectivity index (χ1) is 19.0. The van der Waals surface area contributed by atoms with E-state index in [0.29, 0.717) is 11.4 Å². The van der Waals surface area contributed by atoms with Crippen LogP contribution in [0.15, 0.2) is 83.3 Å². The summed E-state index contributed by atoms with van der Waals surface area (Å²) in [5.74, 6) is -0.234. The van der Waals surface area contributed by atoms with Gasteiger partial charge in [0, 0.05) is 23.5 Å². The summed E-state index contributed by atoms with van der Waals surface area (Å²) in [7, 11) is -2.32. The van der Waals surface area contributed by atoms with Crippen molar-refractivity contribution in [3.63, 3.8) is 0 Å². The smallest absolute Gasteiger partial charge is 0.244 e. The summed E-state index contributed by atoms with van der Waals surface area (Å²) in [5, 5.41) is 3.02. The summed E-state index contributed by atoms with van der Waals surface area (Å²) in [5.41, 5.74) is 2.00. The predicted molar refractivity (Wildman–Crippen MR) is 162 cm³/mol. The molecule has 2 atom stereocenters. The van der Waals surface area contributed by atoms with E-state index in [1.165, 1.54) is 12.0 Å². The van der Waals surface area contributed by atoms with Gasteiger partial charge in [-0.15, -0.1) is 0 Å². The highest BCUT2D eigenvalue weighted by molar-refractivity contribution is 9.10. The first kappa shape index (κ1) is 31.2. The number of nitrogens with one attached hydrogen (secondary N) is 1. The van der Waals surface area contributed by atoms with Crippen molar-refractivity contribution in [3.05, 3.63) is 94.5 Å². The lowest BCUT2D eigenvalue weighted by Crippen LogP contribution is -2.54. The van der Waals surface area contributed by atoms with Crippen LogP contribution in [-0.4, -0.2) is 57.1 Å². The van der Waals surface area contributed by atoms with E-state index >= 15 is 0 Å². The Bertz CT molecular complexity index is 1380. The number of sulfonamides is 1. The standard InChI is InChI=1S/C30H36BrN3O5S/c1-5-22(2)32-30(36)28(19-23-10-7-6-8-11-23)33(20-24-12-9-13-25(31)18-24)29(35)21-34(40(4,37)38)26-14-16-27(39-3)17-15-26/h6-18,22,28H,5,19-21H2,1-4H3,(H,32,36)/t22-,28+/m1/s1. The number of halogens is 1. The third-order valence-electron chi connectivity index (χ3n) is 6.55. The zero-order chi connectivity index (χ0) is 29.3. The number of hydrogen-bond acceptors (Lipinski definition) is 5. The lowest BCUT2D eigenvalue weighted by molar-refractivity contribution is -0.140. The first-order valence-corrected chi connectivity index (χ1v) is 15.7. The number of carbonyl (C=O) groups is 2. The maximum atomic E-state index is 14.1. The van der Waals surface area contributed by atoms with Crippen LogP contribution in [0.1, 0.15) is 31.4 Å². The molecule has 3 aromatic rings. The van der Waals surface area contributed by atoms with E-state index in [0.717, 1.165) is 32.6 Å². The second-order valence-corrected chi connectivity index (χ2v) is 12.5. The minimum absolute atomic E-state index is 0.0968. The van der Waals surface area contributed by atoms with E-state index in [1.54, 1.807) is 24.3 Å². The van der Waals surface area contributed by atoms with Crippen LogP contribution in [0.2, 0.25) is 0 Å². The molecule has 3 rings (SSSR count). The number of rotatable bonds is 13. The molecule has 40 heavy (non-hydrogen) atoms. The van der Waals surface area contributed by atoms with Gasteiger partial charge in [-0.1, -0.05) is 65.3 Å². The monoisotopic (exact) mass is 629 g/mol. The molecule has 214 valence electrons. The van der Waals surface area contributed by atoms with Crippen LogP contribution in [-0.2, 0) is 32.6 Å². The van der Waals surface area contributed by atoms with Crippen LogP contribution in [0.3, 0.4) is 0 Å². The van der Waals surface area contributed by atoms with Crippen LogP contribution >= 0.6 is 15.9 Å². The highest BCUT2D eigenvalue weighted by Crippen LogP contribution is 2.23. The molecule has 8 nitrogen and oxygen atoms in total. The van der Waals surface area contributed by atoms with Gasteiger partial charge in [0.2, 0.25) is 21.8 Å². The molecule has 0 spiro atoms. The zero-order valence-electron chi connectivity index (χ0n) is 23.2. The third kappa shape index (κ3) is 8.82. The second-order valence-electron chi connectivity index (χ2n) is 9.64. The Hall–Kier alpha value is -3.37. The average molecular weight is 631 g/mol. The van der Waals surface area contributed by atoms with Crippen molar-refractivity contribution in [2.45, 2.75) is 45.3 Å². The largest absolute Gasteiger partial charge is 0.497 e. The Labute approximate surface area is 245 Å². The van der Waals surface area contributed by atoms with Crippen LogP contribution in [0, 0.1) is 0 Å². The Morgan fingerprint density at radius 3 is 2.20 bits per heavy atom. The number of carbonyl (C=O) groups excluding carboxylic acids is 2. The second kappa shape index (κ2) is 14.3. The third-order valence-corrected chi connectivity index (χ3v) is 8.19. The van der Waals surface area contributed by atoms with Gasteiger partial charge in [0.1, 0.15) is 18.3 Å². The fraction of sp³-hybridized carbons (Fsp3) is 0.333. The van der Waals surface area contributed by atoms with Crippen molar-refractivity contribution < 1.29 is 22.7 Å². The van der Waals surface area contributed by atoms with Gasteiger partial charge in [0.15, 0.2) is 0 Å². The molecule has 0 aliphatic heterocycles. The number of anilines is 1. The number of benzene rings is 3. The number of hydrogen-bond donors (Lipinski definition) is 1. The topological polar surface area (TPSA) is 96.0 Å². The van der Waals surface area contributed by atoms with E-state index in [2.05, 4.69) is 21.2 Å². The Kier molecular flexibility index (Phi) is 11.2. The molecular weight excluding hydrogens is 594 g/mol. The normalized spacial score (nSPS) is 12.7. The van der Waals surface area contributed by atoms with Crippen LogP contribution in [0.25, 0.3) is 0 Å². The number of amides is 2. The summed E-state index contributed by atoms with van der Waals surface area (Å²) in [6, 6.07) is 22.4. The molecule has 0 unspecified atom stereocenters. The van der Waals surface area contributed by atoms with Crippen molar-refractivity contribution in [2.75, 3.05) is 24.2 Å². The molecule has 0 aliphatic rings. The molecule has 0 fully saturated rings. The summed E-state index contributed by atoms with van der Waals surface area (Å²) in [4.78, 5) is 29.2. The average Bonchev–Trinajstić information content (AvgIpc) is 2.93. The highest BCUT2D eigenvalue weighted by Gasteiger charge is 2.33. The maximum absolute atomic E-state index is 14.1. The van der Waals surface area contributed by atoms with E-state index in [9.17, 15) is 18.0 Å². The van der Waals surface area contributed by atoms with Crippen molar-refractivity contribution in [1.82, 2.24) is 10.2 Å². The molecule has 10 heteroatoms. The lowest BCUT2D eigenvalue weighted by atomic mass is 10.0. The number of ether oxygens (including phenoxy) is 1. The first-order valence-electron chi connectivity index (χ1n) is 13.0. The predicted octanol–water partition coefficient (Wildman–Crippen LogP) is 4.78.